The molecular weight excluding hydrogens is 400 g/mol. The van der Waals surface area contributed by atoms with Gasteiger partial charge in [-0.2, -0.15) is 0 Å². The first kappa shape index (κ1) is 22.2. The van der Waals surface area contributed by atoms with E-state index in [1.54, 1.807) is 36.4 Å². The van der Waals surface area contributed by atoms with Crippen LogP contribution in [0.4, 0.5) is 5.69 Å². The molecular formula is C20H23ClN2O4S. The number of thioether (sulfide) groups is 1. The smallest absolute Gasteiger partial charge is 0.251 e. The van der Waals surface area contributed by atoms with Crippen LogP contribution in [0.1, 0.15) is 15.9 Å². The molecule has 0 aromatic heterocycles. The molecule has 0 aliphatic carbocycles. The fourth-order valence-corrected chi connectivity index (χ4v) is 3.20. The summed E-state index contributed by atoms with van der Waals surface area (Å²) in [4.78, 5) is 24.1. The summed E-state index contributed by atoms with van der Waals surface area (Å²) < 4.78 is 10.1. The predicted molar refractivity (Wildman–Crippen MR) is 113 cm³/mol. The van der Waals surface area contributed by atoms with Crippen molar-refractivity contribution >= 4 is 40.9 Å². The number of carbonyl (C=O) groups is 2. The molecule has 0 atom stereocenters. The van der Waals surface area contributed by atoms with Gasteiger partial charge in [-0.15, -0.1) is 11.8 Å². The van der Waals surface area contributed by atoms with E-state index < -0.39 is 6.29 Å². The lowest BCUT2D eigenvalue weighted by Gasteiger charge is -2.14. The molecule has 8 heteroatoms. The zero-order chi connectivity index (χ0) is 20.4. The van der Waals surface area contributed by atoms with Crippen molar-refractivity contribution in [2.75, 3.05) is 31.8 Å². The minimum absolute atomic E-state index is 0.0749. The third kappa shape index (κ3) is 7.52. The highest BCUT2D eigenvalue weighted by Crippen LogP contribution is 2.16. The highest BCUT2D eigenvalue weighted by molar-refractivity contribution is 7.99. The molecule has 0 spiro atoms. The van der Waals surface area contributed by atoms with Gasteiger partial charge in [0.25, 0.3) is 5.91 Å². The van der Waals surface area contributed by atoms with E-state index in [1.807, 2.05) is 12.1 Å². The van der Waals surface area contributed by atoms with Crippen LogP contribution in [0, 0.1) is 0 Å². The zero-order valence-corrected chi connectivity index (χ0v) is 17.3. The second kappa shape index (κ2) is 11.7. The molecule has 0 aliphatic rings. The van der Waals surface area contributed by atoms with E-state index in [-0.39, 0.29) is 18.4 Å². The monoisotopic (exact) mass is 422 g/mol. The standard InChI is InChI=1S/C20H23ClN2O4S/c1-26-19(27-2)11-22-20(25)15-5-3-14(4-6-15)12-28-13-18(24)23-17-9-7-16(21)8-10-17/h3-10,19H,11-13H2,1-2H3,(H,22,25)(H,23,24). The summed E-state index contributed by atoms with van der Waals surface area (Å²) in [6.45, 7) is 0.270. The van der Waals surface area contributed by atoms with E-state index in [0.717, 1.165) is 11.3 Å². The summed E-state index contributed by atoms with van der Waals surface area (Å²) >= 11 is 7.32. The maximum Gasteiger partial charge on any atom is 0.251 e. The average molecular weight is 423 g/mol. The minimum Gasteiger partial charge on any atom is -0.354 e. The summed E-state index contributed by atoms with van der Waals surface area (Å²) in [5.74, 6) is 0.737. The molecule has 2 N–H and O–H groups in total. The lowest BCUT2D eigenvalue weighted by molar-refractivity contribution is -0.113. The Bertz CT molecular complexity index is 765. The third-order valence-electron chi connectivity index (χ3n) is 3.80. The first-order valence-electron chi connectivity index (χ1n) is 8.57. The maximum atomic E-state index is 12.1. The fourth-order valence-electron chi connectivity index (χ4n) is 2.29. The lowest BCUT2D eigenvalue weighted by atomic mass is 10.1. The summed E-state index contributed by atoms with van der Waals surface area (Å²) in [7, 11) is 3.03. The van der Waals surface area contributed by atoms with E-state index >= 15 is 0 Å². The molecule has 0 radical (unpaired) electrons. The Morgan fingerprint density at radius 1 is 1.04 bits per heavy atom. The number of nitrogens with one attached hydrogen (secondary N) is 2. The van der Waals surface area contributed by atoms with Gasteiger partial charge < -0.3 is 20.1 Å². The second-order valence-corrected chi connectivity index (χ2v) is 7.28. The van der Waals surface area contributed by atoms with Gasteiger partial charge in [0.05, 0.1) is 12.3 Å². The summed E-state index contributed by atoms with van der Waals surface area (Å²) in [6.07, 6.45) is -0.473. The number of hydrogen-bond acceptors (Lipinski definition) is 5. The van der Waals surface area contributed by atoms with Gasteiger partial charge in [-0.3, -0.25) is 9.59 Å². The van der Waals surface area contributed by atoms with Crippen molar-refractivity contribution in [3.05, 3.63) is 64.7 Å². The molecule has 2 rings (SSSR count). The van der Waals surface area contributed by atoms with Gasteiger partial charge in [0.15, 0.2) is 6.29 Å². The van der Waals surface area contributed by atoms with Gasteiger partial charge in [0.2, 0.25) is 5.91 Å². The molecule has 0 unspecified atom stereocenters. The molecule has 2 aromatic carbocycles. The number of rotatable bonds is 10. The largest absolute Gasteiger partial charge is 0.354 e. The summed E-state index contributed by atoms with van der Waals surface area (Å²) in [6, 6.07) is 14.2. The molecule has 0 heterocycles. The van der Waals surface area contributed by atoms with Crippen LogP contribution in [0.5, 0.6) is 0 Å². The van der Waals surface area contributed by atoms with Crippen molar-refractivity contribution in [3.8, 4) is 0 Å². The number of anilines is 1. The van der Waals surface area contributed by atoms with Crippen molar-refractivity contribution in [1.29, 1.82) is 0 Å². The highest BCUT2D eigenvalue weighted by atomic mass is 35.5. The zero-order valence-electron chi connectivity index (χ0n) is 15.7. The first-order chi connectivity index (χ1) is 13.5. The van der Waals surface area contributed by atoms with Gasteiger partial charge in [0.1, 0.15) is 0 Å². The van der Waals surface area contributed by atoms with Crippen LogP contribution in [0.2, 0.25) is 5.02 Å². The molecule has 6 nitrogen and oxygen atoms in total. The van der Waals surface area contributed by atoms with Crippen molar-refractivity contribution in [1.82, 2.24) is 5.32 Å². The van der Waals surface area contributed by atoms with Gasteiger partial charge in [-0.1, -0.05) is 23.7 Å². The molecule has 2 amide bonds. The molecule has 150 valence electrons. The minimum atomic E-state index is -0.473. The quantitative estimate of drug-likeness (QED) is 0.572. The number of amides is 2. The second-order valence-electron chi connectivity index (χ2n) is 5.86. The molecule has 0 bridgehead atoms. The number of ether oxygens (including phenoxy) is 2. The van der Waals surface area contributed by atoms with Crippen LogP contribution in [-0.2, 0) is 20.0 Å². The number of benzene rings is 2. The summed E-state index contributed by atoms with van der Waals surface area (Å²) in [5, 5.41) is 6.20. The lowest BCUT2D eigenvalue weighted by Crippen LogP contribution is -2.34. The number of halogens is 1. The number of methoxy groups -OCH3 is 2. The first-order valence-corrected chi connectivity index (χ1v) is 10.1. The van der Waals surface area contributed by atoms with Crippen molar-refractivity contribution < 1.29 is 19.1 Å². The van der Waals surface area contributed by atoms with E-state index in [4.69, 9.17) is 21.1 Å². The van der Waals surface area contributed by atoms with E-state index in [2.05, 4.69) is 10.6 Å². The third-order valence-corrected chi connectivity index (χ3v) is 5.06. The van der Waals surface area contributed by atoms with Crippen LogP contribution in [0.25, 0.3) is 0 Å². The topological polar surface area (TPSA) is 76.7 Å². The molecule has 28 heavy (non-hydrogen) atoms. The van der Waals surface area contributed by atoms with E-state index in [1.165, 1.54) is 26.0 Å². The predicted octanol–water partition coefficient (Wildman–Crippen LogP) is 3.56. The van der Waals surface area contributed by atoms with Crippen molar-refractivity contribution in [2.45, 2.75) is 12.0 Å². The van der Waals surface area contributed by atoms with Crippen LogP contribution in [-0.4, -0.2) is 44.6 Å². The number of hydrogen-bond donors (Lipinski definition) is 2. The van der Waals surface area contributed by atoms with E-state index in [0.29, 0.717) is 22.1 Å². The Morgan fingerprint density at radius 3 is 2.29 bits per heavy atom. The van der Waals surface area contributed by atoms with Crippen LogP contribution in [0.3, 0.4) is 0 Å². The molecule has 0 saturated heterocycles. The van der Waals surface area contributed by atoms with Gasteiger partial charge in [0, 0.05) is 36.2 Å². The van der Waals surface area contributed by atoms with Crippen molar-refractivity contribution in [3.63, 3.8) is 0 Å². The molecule has 2 aromatic rings. The van der Waals surface area contributed by atoms with Gasteiger partial charge >= 0.3 is 0 Å². The van der Waals surface area contributed by atoms with E-state index in [9.17, 15) is 9.59 Å². The average Bonchev–Trinajstić information content (AvgIpc) is 2.71. The fraction of sp³-hybridized carbons (Fsp3) is 0.300. The molecule has 0 saturated carbocycles. The Kier molecular flexibility index (Phi) is 9.30. The number of carbonyl (C=O) groups excluding carboxylic acids is 2. The summed E-state index contributed by atoms with van der Waals surface area (Å²) in [5.41, 5.74) is 2.31. The molecule has 0 fully saturated rings. The highest BCUT2D eigenvalue weighted by Gasteiger charge is 2.10. The van der Waals surface area contributed by atoms with Gasteiger partial charge in [-0.05, 0) is 42.0 Å². The molecule has 0 aliphatic heterocycles. The Balaban J connectivity index is 1.73. The van der Waals surface area contributed by atoms with Crippen LogP contribution in [0.15, 0.2) is 48.5 Å². The SMILES string of the molecule is COC(CNC(=O)c1ccc(CSCC(=O)Nc2ccc(Cl)cc2)cc1)OC. The van der Waals surface area contributed by atoms with Crippen LogP contribution < -0.4 is 10.6 Å². The Morgan fingerprint density at radius 2 is 1.68 bits per heavy atom. The maximum absolute atomic E-state index is 12.1. The van der Waals surface area contributed by atoms with Gasteiger partial charge in [-0.25, -0.2) is 0 Å². The Hall–Kier alpha value is -2.06. The normalized spacial score (nSPS) is 10.7. The Labute approximate surface area is 173 Å². The van der Waals surface area contributed by atoms with Crippen LogP contribution >= 0.6 is 23.4 Å². The van der Waals surface area contributed by atoms with Crippen molar-refractivity contribution in [2.24, 2.45) is 0 Å².